The van der Waals surface area contributed by atoms with Gasteiger partial charge in [-0.2, -0.15) is 0 Å². The molecule has 1 aliphatic rings. The van der Waals surface area contributed by atoms with Gasteiger partial charge in [-0.15, -0.1) is 0 Å². The van der Waals surface area contributed by atoms with Crippen molar-refractivity contribution in [3.63, 3.8) is 0 Å². The van der Waals surface area contributed by atoms with Crippen LogP contribution < -0.4 is 0 Å². The largest absolute Gasteiger partial charge is 0.385 e. The van der Waals surface area contributed by atoms with E-state index >= 15 is 0 Å². The van der Waals surface area contributed by atoms with E-state index in [0.717, 1.165) is 24.8 Å². The maximum absolute atomic E-state index is 10.5. The van der Waals surface area contributed by atoms with Crippen molar-refractivity contribution in [3.05, 3.63) is 33.8 Å². The van der Waals surface area contributed by atoms with E-state index in [1.807, 2.05) is 6.07 Å². The standard InChI is InChI=1S/C12H14Cl2O/c1-8-3-2-6-12(8,15)9-4-5-10(13)11(14)7-9/h4-5,7-8,15H,2-3,6H2,1H3. The summed E-state index contributed by atoms with van der Waals surface area (Å²) < 4.78 is 0. The van der Waals surface area contributed by atoms with Gasteiger partial charge in [0.15, 0.2) is 0 Å². The van der Waals surface area contributed by atoms with E-state index in [0.29, 0.717) is 10.0 Å². The predicted molar refractivity (Wildman–Crippen MR) is 63.4 cm³/mol. The fraction of sp³-hybridized carbons (Fsp3) is 0.500. The van der Waals surface area contributed by atoms with Gasteiger partial charge >= 0.3 is 0 Å². The smallest absolute Gasteiger partial charge is 0.0922 e. The first-order valence-electron chi connectivity index (χ1n) is 5.22. The molecule has 0 heterocycles. The molecule has 15 heavy (non-hydrogen) atoms. The highest BCUT2D eigenvalue weighted by atomic mass is 35.5. The number of hydrogen-bond acceptors (Lipinski definition) is 1. The van der Waals surface area contributed by atoms with E-state index in [1.165, 1.54) is 0 Å². The van der Waals surface area contributed by atoms with Gasteiger partial charge in [0.05, 0.1) is 15.6 Å². The molecule has 0 aromatic heterocycles. The van der Waals surface area contributed by atoms with Crippen LogP contribution in [0.2, 0.25) is 10.0 Å². The fourth-order valence-corrected chi connectivity index (χ4v) is 2.66. The first kappa shape index (κ1) is 11.3. The van der Waals surface area contributed by atoms with Crippen molar-refractivity contribution >= 4 is 23.2 Å². The van der Waals surface area contributed by atoms with Crippen LogP contribution in [0.1, 0.15) is 31.7 Å². The summed E-state index contributed by atoms with van der Waals surface area (Å²) in [6.07, 6.45) is 2.95. The van der Waals surface area contributed by atoms with Gasteiger partial charge in [0, 0.05) is 0 Å². The molecule has 1 aromatic carbocycles. The van der Waals surface area contributed by atoms with Gasteiger partial charge in [0.25, 0.3) is 0 Å². The molecule has 82 valence electrons. The van der Waals surface area contributed by atoms with Crippen molar-refractivity contribution < 1.29 is 5.11 Å². The summed E-state index contributed by atoms with van der Waals surface area (Å²) in [5, 5.41) is 11.6. The van der Waals surface area contributed by atoms with Crippen LogP contribution in [0.15, 0.2) is 18.2 Å². The molecule has 1 N–H and O–H groups in total. The Morgan fingerprint density at radius 2 is 2.07 bits per heavy atom. The molecule has 0 radical (unpaired) electrons. The second-order valence-electron chi connectivity index (χ2n) is 4.35. The molecule has 1 saturated carbocycles. The maximum Gasteiger partial charge on any atom is 0.0922 e. The topological polar surface area (TPSA) is 20.2 Å². The zero-order valence-corrected chi connectivity index (χ0v) is 10.1. The van der Waals surface area contributed by atoms with Gasteiger partial charge in [-0.3, -0.25) is 0 Å². The highest BCUT2D eigenvalue weighted by molar-refractivity contribution is 6.42. The number of halogens is 2. The predicted octanol–water partition coefficient (Wildman–Crippen LogP) is 4.00. The van der Waals surface area contributed by atoms with Crippen LogP contribution in [-0.4, -0.2) is 5.11 Å². The Morgan fingerprint density at radius 1 is 1.33 bits per heavy atom. The Hall–Kier alpha value is -0.240. The van der Waals surface area contributed by atoms with Gasteiger partial charge in [0.1, 0.15) is 0 Å². The fourth-order valence-electron chi connectivity index (χ4n) is 2.36. The normalized spacial score (nSPS) is 30.8. The van der Waals surface area contributed by atoms with Crippen molar-refractivity contribution in [1.29, 1.82) is 0 Å². The number of benzene rings is 1. The summed E-state index contributed by atoms with van der Waals surface area (Å²) in [5.41, 5.74) is 0.177. The van der Waals surface area contributed by atoms with Crippen LogP contribution in [0.4, 0.5) is 0 Å². The molecule has 0 saturated heterocycles. The van der Waals surface area contributed by atoms with Crippen molar-refractivity contribution in [2.45, 2.75) is 31.8 Å². The molecule has 2 unspecified atom stereocenters. The van der Waals surface area contributed by atoms with Crippen LogP contribution in [0.25, 0.3) is 0 Å². The molecule has 1 nitrogen and oxygen atoms in total. The minimum Gasteiger partial charge on any atom is -0.385 e. The lowest BCUT2D eigenvalue weighted by Crippen LogP contribution is -2.28. The van der Waals surface area contributed by atoms with Crippen molar-refractivity contribution in [2.75, 3.05) is 0 Å². The number of aliphatic hydroxyl groups is 1. The average molecular weight is 245 g/mol. The lowest BCUT2D eigenvalue weighted by molar-refractivity contribution is 0.00450. The zero-order chi connectivity index (χ0) is 11.1. The second kappa shape index (κ2) is 3.97. The van der Waals surface area contributed by atoms with Gasteiger partial charge in [-0.1, -0.05) is 36.2 Å². The van der Waals surface area contributed by atoms with Gasteiger partial charge < -0.3 is 5.11 Å². The summed E-state index contributed by atoms with van der Waals surface area (Å²) in [4.78, 5) is 0. The van der Waals surface area contributed by atoms with Crippen LogP contribution in [0, 0.1) is 5.92 Å². The molecule has 0 spiro atoms. The highest BCUT2D eigenvalue weighted by Gasteiger charge is 2.39. The SMILES string of the molecule is CC1CCCC1(O)c1ccc(Cl)c(Cl)c1. The van der Waals surface area contributed by atoms with Crippen LogP contribution in [0.5, 0.6) is 0 Å². The summed E-state index contributed by atoms with van der Waals surface area (Å²) >= 11 is 11.8. The molecular formula is C12H14Cl2O. The third-order valence-corrected chi connectivity index (χ3v) is 4.17. The summed E-state index contributed by atoms with van der Waals surface area (Å²) in [6.45, 7) is 2.08. The lowest BCUT2D eigenvalue weighted by Gasteiger charge is -2.28. The first-order valence-corrected chi connectivity index (χ1v) is 5.97. The Morgan fingerprint density at radius 3 is 2.60 bits per heavy atom. The van der Waals surface area contributed by atoms with Gasteiger partial charge in [0.2, 0.25) is 0 Å². The zero-order valence-electron chi connectivity index (χ0n) is 8.63. The lowest BCUT2D eigenvalue weighted by atomic mass is 9.85. The Balaban J connectivity index is 2.40. The molecule has 0 amide bonds. The molecule has 1 fully saturated rings. The third-order valence-electron chi connectivity index (χ3n) is 3.43. The average Bonchev–Trinajstić information content (AvgIpc) is 2.53. The van der Waals surface area contributed by atoms with Crippen molar-refractivity contribution in [1.82, 2.24) is 0 Å². The second-order valence-corrected chi connectivity index (χ2v) is 5.16. The van der Waals surface area contributed by atoms with E-state index < -0.39 is 5.60 Å². The molecular weight excluding hydrogens is 231 g/mol. The summed E-state index contributed by atoms with van der Waals surface area (Å²) in [6, 6.07) is 5.41. The summed E-state index contributed by atoms with van der Waals surface area (Å²) in [5.74, 6) is 0.287. The van der Waals surface area contributed by atoms with E-state index in [-0.39, 0.29) is 5.92 Å². The molecule has 3 heteroatoms. The quantitative estimate of drug-likeness (QED) is 0.792. The summed E-state index contributed by atoms with van der Waals surface area (Å²) in [7, 11) is 0. The molecule has 0 aliphatic heterocycles. The Bertz CT molecular complexity index is 378. The molecule has 2 atom stereocenters. The third kappa shape index (κ3) is 1.89. The van der Waals surface area contributed by atoms with E-state index in [9.17, 15) is 5.11 Å². The van der Waals surface area contributed by atoms with Crippen LogP contribution in [0.3, 0.4) is 0 Å². The van der Waals surface area contributed by atoms with E-state index in [4.69, 9.17) is 23.2 Å². The monoisotopic (exact) mass is 244 g/mol. The Labute approximate surface area is 100 Å². The van der Waals surface area contributed by atoms with E-state index in [2.05, 4.69) is 6.92 Å². The van der Waals surface area contributed by atoms with Crippen molar-refractivity contribution in [3.8, 4) is 0 Å². The molecule has 1 aliphatic carbocycles. The first-order chi connectivity index (χ1) is 7.04. The van der Waals surface area contributed by atoms with Crippen LogP contribution in [-0.2, 0) is 5.60 Å². The van der Waals surface area contributed by atoms with Gasteiger partial charge in [-0.25, -0.2) is 0 Å². The molecule has 0 bridgehead atoms. The minimum absolute atomic E-state index is 0.287. The maximum atomic E-state index is 10.5. The minimum atomic E-state index is -0.714. The van der Waals surface area contributed by atoms with Gasteiger partial charge in [-0.05, 0) is 42.9 Å². The van der Waals surface area contributed by atoms with E-state index in [1.54, 1.807) is 12.1 Å². The van der Waals surface area contributed by atoms with Crippen molar-refractivity contribution in [2.24, 2.45) is 5.92 Å². The number of hydrogen-bond donors (Lipinski definition) is 1. The molecule has 2 rings (SSSR count). The highest BCUT2D eigenvalue weighted by Crippen LogP contribution is 2.44. The molecule has 1 aromatic rings. The number of rotatable bonds is 1. The Kier molecular flexibility index (Phi) is 2.98. The van der Waals surface area contributed by atoms with Crippen LogP contribution >= 0.6 is 23.2 Å².